The fourth-order valence-electron chi connectivity index (χ4n) is 1.40. The minimum Gasteiger partial charge on any atom is -0.358 e. The Bertz CT molecular complexity index is 527. The number of hydrogen-bond donors (Lipinski definition) is 1. The summed E-state index contributed by atoms with van der Waals surface area (Å²) >= 11 is 1.32. The predicted molar refractivity (Wildman–Crippen MR) is 68.5 cm³/mol. The van der Waals surface area contributed by atoms with Crippen LogP contribution in [0.4, 0.5) is 0 Å². The van der Waals surface area contributed by atoms with Gasteiger partial charge in [-0.3, -0.25) is 4.79 Å². The van der Waals surface area contributed by atoms with Crippen molar-refractivity contribution in [3.8, 4) is 5.69 Å². The summed E-state index contributed by atoms with van der Waals surface area (Å²) in [5, 5.41) is 14.5. The summed E-state index contributed by atoms with van der Waals surface area (Å²) in [5.74, 6) is -0.0531. The first-order chi connectivity index (χ1) is 8.72. The third-order valence-electron chi connectivity index (χ3n) is 2.34. The lowest BCUT2D eigenvalue weighted by Crippen LogP contribution is -2.27. The third-order valence-corrected chi connectivity index (χ3v) is 3.37. The summed E-state index contributed by atoms with van der Waals surface area (Å²) in [4.78, 5) is 11.5. The fraction of sp³-hybridized carbons (Fsp3) is 0.273. The molecular formula is C11H13N5OS. The number of para-hydroxylation sites is 1. The highest BCUT2D eigenvalue weighted by atomic mass is 32.2. The van der Waals surface area contributed by atoms with Crippen LogP contribution < -0.4 is 5.32 Å². The molecule has 94 valence electrons. The van der Waals surface area contributed by atoms with Crippen molar-refractivity contribution in [1.29, 1.82) is 0 Å². The van der Waals surface area contributed by atoms with Crippen LogP contribution in [0.1, 0.15) is 6.92 Å². The summed E-state index contributed by atoms with van der Waals surface area (Å²) in [7, 11) is 1.61. The van der Waals surface area contributed by atoms with Crippen molar-refractivity contribution in [2.24, 2.45) is 0 Å². The van der Waals surface area contributed by atoms with Crippen LogP contribution >= 0.6 is 11.8 Å². The van der Waals surface area contributed by atoms with Gasteiger partial charge in [-0.1, -0.05) is 30.0 Å². The first-order valence-corrected chi connectivity index (χ1v) is 6.32. The third kappa shape index (κ3) is 2.67. The number of rotatable bonds is 4. The van der Waals surface area contributed by atoms with E-state index in [1.54, 1.807) is 11.7 Å². The molecule has 1 N–H and O–H groups in total. The molecule has 1 aromatic carbocycles. The van der Waals surface area contributed by atoms with Crippen LogP contribution in [0.2, 0.25) is 0 Å². The molecule has 6 nitrogen and oxygen atoms in total. The number of aromatic nitrogens is 4. The molecule has 1 amide bonds. The van der Waals surface area contributed by atoms with Gasteiger partial charge in [0.15, 0.2) is 0 Å². The molecule has 2 aromatic rings. The second-order valence-electron chi connectivity index (χ2n) is 3.58. The van der Waals surface area contributed by atoms with Gasteiger partial charge in [-0.15, -0.1) is 5.10 Å². The molecule has 0 spiro atoms. The van der Waals surface area contributed by atoms with Crippen molar-refractivity contribution in [1.82, 2.24) is 25.5 Å². The zero-order valence-electron chi connectivity index (χ0n) is 10.1. The Balaban J connectivity index is 2.21. The smallest absolute Gasteiger partial charge is 0.233 e. The average Bonchev–Trinajstić information content (AvgIpc) is 2.86. The van der Waals surface area contributed by atoms with Crippen LogP contribution in [-0.4, -0.2) is 38.4 Å². The molecule has 2 rings (SSSR count). The molecular weight excluding hydrogens is 250 g/mol. The van der Waals surface area contributed by atoms with E-state index < -0.39 is 0 Å². The van der Waals surface area contributed by atoms with E-state index >= 15 is 0 Å². The van der Waals surface area contributed by atoms with Crippen LogP contribution in [0.5, 0.6) is 0 Å². The molecule has 1 aromatic heterocycles. The molecule has 7 heteroatoms. The highest BCUT2D eigenvalue weighted by molar-refractivity contribution is 8.00. The monoisotopic (exact) mass is 263 g/mol. The molecule has 0 saturated heterocycles. The van der Waals surface area contributed by atoms with E-state index in [4.69, 9.17) is 0 Å². The highest BCUT2D eigenvalue weighted by Crippen LogP contribution is 2.22. The molecule has 0 aliphatic rings. The standard InChI is InChI=1S/C11H13N5OS/c1-8(10(17)12-2)18-11-13-14-15-16(11)9-6-4-3-5-7-9/h3-8H,1-2H3,(H,12,17). The number of hydrogen-bond acceptors (Lipinski definition) is 5. The van der Waals surface area contributed by atoms with Gasteiger partial charge in [0.05, 0.1) is 10.9 Å². The number of nitrogens with zero attached hydrogens (tertiary/aromatic N) is 4. The summed E-state index contributed by atoms with van der Waals surface area (Å²) < 4.78 is 1.62. The molecule has 0 aliphatic carbocycles. The number of tetrazole rings is 1. The summed E-state index contributed by atoms with van der Waals surface area (Å²) in [6.45, 7) is 1.81. The van der Waals surface area contributed by atoms with Gasteiger partial charge in [-0.05, 0) is 29.5 Å². The van der Waals surface area contributed by atoms with Crippen molar-refractivity contribution in [2.75, 3.05) is 7.05 Å². The molecule has 0 fully saturated rings. The Morgan fingerprint density at radius 2 is 2.11 bits per heavy atom. The van der Waals surface area contributed by atoms with Crippen molar-refractivity contribution in [3.63, 3.8) is 0 Å². The normalized spacial score (nSPS) is 12.1. The Morgan fingerprint density at radius 3 is 2.78 bits per heavy atom. The van der Waals surface area contributed by atoms with Crippen molar-refractivity contribution < 1.29 is 4.79 Å². The predicted octanol–water partition coefficient (Wildman–Crippen LogP) is 0.889. The Labute approximate surface area is 109 Å². The molecule has 0 aliphatic heterocycles. The Morgan fingerprint density at radius 1 is 1.39 bits per heavy atom. The number of thioether (sulfide) groups is 1. The van der Waals surface area contributed by atoms with Crippen molar-refractivity contribution in [3.05, 3.63) is 30.3 Å². The molecule has 1 heterocycles. The van der Waals surface area contributed by atoms with E-state index in [1.807, 2.05) is 37.3 Å². The lowest BCUT2D eigenvalue weighted by atomic mass is 10.3. The van der Waals surface area contributed by atoms with Gasteiger partial charge in [-0.2, -0.15) is 4.68 Å². The lowest BCUT2D eigenvalue weighted by Gasteiger charge is -2.09. The Hall–Kier alpha value is -1.89. The second-order valence-corrected chi connectivity index (χ2v) is 4.89. The minimum absolute atomic E-state index is 0.0531. The van der Waals surface area contributed by atoms with Gasteiger partial charge in [0.2, 0.25) is 11.1 Å². The lowest BCUT2D eigenvalue weighted by molar-refractivity contribution is -0.119. The van der Waals surface area contributed by atoms with Gasteiger partial charge >= 0.3 is 0 Å². The first-order valence-electron chi connectivity index (χ1n) is 5.44. The molecule has 1 atom stereocenters. The summed E-state index contributed by atoms with van der Waals surface area (Å²) in [6, 6.07) is 9.56. The van der Waals surface area contributed by atoms with Gasteiger partial charge in [0, 0.05) is 7.05 Å². The maximum absolute atomic E-state index is 11.5. The van der Waals surface area contributed by atoms with Crippen LogP contribution in [0.3, 0.4) is 0 Å². The second kappa shape index (κ2) is 5.63. The van der Waals surface area contributed by atoms with Gasteiger partial charge in [0.25, 0.3) is 0 Å². The average molecular weight is 263 g/mol. The van der Waals surface area contributed by atoms with E-state index in [2.05, 4.69) is 20.8 Å². The van der Waals surface area contributed by atoms with Crippen LogP contribution in [-0.2, 0) is 4.79 Å². The number of amides is 1. The van der Waals surface area contributed by atoms with Gasteiger partial charge in [-0.25, -0.2) is 0 Å². The number of nitrogens with one attached hydrogen (secondary N) is 1. The van der Waals surface area contributed by atoms with Gasteiger partial charge in [0.1, 0.15) is 0 Å². The SMILES string of the molecule is CNC(=O)C(C)Sc1nnnn1-c1ccccc1. The van der Waals surface area contributed by atoms with E-state index in [1.165, 1.54) is 11.8 Å². The zero-order chi connectivity index (χ0) is 13.0. The molecule has 18 heavy (non-hydrogen) atoms. The van der Waals surface area contributed by atoms with Crippen LogP contribution in [0.25, 0.3) is 5.69 Å². The zero-order valence-corrected chi connectivity index (χ0v) is 10.9. The summed E-state index contributed by atoms with van der Waals surface area (Å²) in [5.41, 5.74) is 0.870. The van der Waals surface area contributed by atoms with Gasteiger partial charge < -0.3 is 5.32 Å². The largest absolute Gasteiger partial charge is 0.358 e. The van der Waals surface area contributed by atoms with Crippen LogP contribution in [0, 0.1) is 0 Å². The molecule has 0 bridgehead atoms. The molecule has 1 unspecified atom stereocenters. The number of carbonyl (C=O) groups is 1. The summed E-state index contributed by atoms with van der Waals surface area (Å²) in [6.07, 6.45) is 0. The van der Waals surface area contributed by atoms with E-state index in [0.717, 1.165) is 5.69 Å². The fourth-order valence-corrected chi connectivity index (χ4v) is 2.27. The van der Waals surface area contributed by atoms with E-state index in [0.29, 0.717) is 5.16 Å². The quantitative estimate of drug-likeness (QED) is 0.829. The van der Waals surface area contributed by atoms with Crippen LogP contribution in [0.15, 0.2) is 35.5 Å². The van der Waals surface area contributed by atoms with E-state index in [9.17, 15) is 4.79 Å². The maximum atomic E-state index is 11.5. The van der Waals surface area contributed by atoms with Crippen molar-refractivity contribution in [2.45, 2.75) is 17.3 Å². The van der Waals surface area contributed by atoms with E-state index in [-0.39, 0.29) is 11.2 Å². The molecule has 0 saturated carbocycles. The maximum Gasteiger partial charge on any atom is 0.233 e. The topological polar surface area (TPSA) is 72.7 Å². The Kier molecular flexibility index (Phi) is 3.93. The van der Waals surface area contributed by atoms with Crippen molar-refractivity contribution >= 4 is 17.7 Å². The molecule has 0 radical (unpaired) electrons. The number of carbonyl (C=O) groups excluding carboxylic acids is 1. The highest BCUT2D eigenvalue weighted by Gasteiger charge is 2.17. The first kappa shape index (κ1) is 12.6. The number of benzene rings is 1. The minimum atomic E-state index is -0.247.